The van der Waals surface area contributed by atoms with Crippen molar-refractivity contribution in [2.24, 2.45) is 5.92 Å². The number of nitrogens with one attached hydrogen (secondary N) is 1. The lowest BCUT2D eigenvalue weighted by molar-refractivity contribution is 0.0505. The summed E-state index contributed by atoms with van der Waals surface area (Å²) in [5.74, 6) is 2.01. The van der Waals surface area contributed by atoms with E-state index in [1.165, 1.54) is 30.1 Å². The van der Waals surface area contributed by atoms with Gasteiger partial charge in [-0.3, -0.25) is 0 Å². The van der Waals surface area contributed by atoms with Gasteiger partial charge in [-0.05, 0) is 25.7 Å². The van der Waals surface area contributed by atoms with Gasteiger partial charge in [0.1, 0.15) is 5.82 Å². The molecule has 0 spiro atoms. The minimum Gasteiger partial charge on any atom is -0.381 e. The van der Waals surface area contributed by atoms with Crippen LogP contribution in [0.1, 0.15) is 49.9 Å². The summed E-state index contributed by atoms with van der Waals surface area (Å²) in [7, 11) is 0. The largest absolute Gasteiger partial charge is 0.381 e. The van der Waals surface area contributed by atoms with Crippen LogP contribution in [0.5, 0.6) is 0 Å². The van der Waals surface area contributed by atoms with Crippen molar-refractivity contribution >= 4 is 0 Å². The van der Waals surface area contributed by atoms with E-state index in [0.29, 0.717) is 6.04 Å². The van der Waals surface area contributed by atoms with Crippen molar-refractivity contribution in [2.75, 3.05) is 19.8 Å². The van der Waals surface area contributed by atoms with Gasteiger partial charge in [0.05, 0.1) is 5.69 Å². The second kappa shape index (κ2) is 5.63. The molecule has 0 aliphatic carbocycles. The first-order chi connectivity index (χ1) is 9.31. The van der Waals surface area contributed by atoms with E-state index < -0.39 is 0 Å². The maximum Gasteiger partial charge on any atom is 0.109 e. The number of ether oxygens (including phenoxy) is 1. The van der Waals surface area contributed by atoms with Crippen LogP contribution < -0.4 is 5.32 Å². The third kappa shape index (κ3) is 2.43. The average molecular weight is 263 g/mol. The van der Waals surface area contributed by atoms with Crippen LogP contribution in [-0.2, 0) is 24.1 Å². The van der Waals surface area contributed by atoms with Crippen LogP contribution in [0.15, 0.2) is 0 Å². The van der Waals surface area contributed by atoms with Crippen molar-refractivity contribution in [1.82, 2.24) is 14.9 Å². The molecular formula is C15H25N3O. The fraction of sp³-hybridized carbons (Fsp3) is 0.800. The van der Waals surface area contributed by atoms with E-state index in [1.807, 2.05) is 0 Å². The third-order valence-corrected chi connectivity index (χ3v) is 4.67. The summed E-state index contributed by atoms with van der Waals surface area (Å²) in [5.41, 5.74) is 2.76. The minimum absolute atomic E-state index is 0.563. The lowest BCUT2D eigenvalue weighted by Crippen LogP contribution is -2.29. The van der Waals surface area contributed by atoms with Gasteiger partial charge in [0.25, 0.3) is 0 Å². The number of imidazole rings is 1. The molecule has 2 aliphatic rings. The Morgan fingerprint density at radius 1 is 1.42 bits per heavy atom. The summed E-state index contributed by atoms with van der Waals surface area (Å²) in [6, 6.07) is 0.563. The van der Waals surface area contributed by atoms with Crippen LogP contribution in [0, 0.1) is 5.92 Å². The predicted molar refractivity (Wildman–Crippen MR) is 75.3 cm³/mol. The van der Waals surface area contributed by atoms with Gasteiger partial charge in [0, 0.05) is 50.9 Å². The van der Waals surface area contributed by atoms with E-state index in [1.54, 1.807) is 0 Å². The minimum atomic E-state index is 0.563. The van der Waals surface area contributed by atoms with E-state index in [-0.39, 0.29) is 0 Å². The van der Waals surface area contributed by atoms with E-state index >= 15 is 0 Å². The standard InChI is InChI=1S/C15H25N3O/c1-3-15-17-13-10-16-7-4-14(13)18(15)11(2)12-5-8-19-9-6-12/h11-12,16H,3-10H2,1-2H3. The molecule has 4 heteroatoms. The molecule has 0 amide bonds. The topological polar surface area (TPSA) is 39.1 Å². The highest BCUT2D eigenvalue weighted by molar-refractivity contribution is 5.21. The zero-order chi connectivity index (χ0) is 13.2. The molecule has 4 nitrogen and oxygen atoms in total. The summed E-state index contributed by atoms with van der Waals surface area (Å²) in [6.45, 7) is 8.47. The van der Waals surface area contributed by atoms with Crippen LogP contribution in [0.2, 0.25) is 0 Å². The van der Waals surface area contributed by atoms with Crippen molar-refractivity contribution in [3.63, 3.8) is 0 Å². The Labute approximate surface area is 115 Å². The zero-order valence-electron chi connectivity index (χ0n) is 12.1. The molecule has 106 valence electrons. The molecule has 0 aromatic carbocycles. The Bertz CT molecular complexity index is 435. The Morgan fingerprint density at radius 2 is 2.21 bits per heavy atom. The summed E-state index contributed by atoms with van der Waals surface area (Å²) >= 11 is 0. The number of fused-ring (bicyclic) bond motifs is 1. The van der Waals surface area contributed by atoms with Crippen molar-refractivity contribution in [3.8, 4) is 0 Å². The summed E-state index contributed by atoms with van der Waals surface area (Å²) in [4.78, 5) is 4.85. The second-order valence-electron chi connectivity index (χ2n) is 5.76. The molecule has 1 unspecified atom stereocenters. The van der Waals surface area contributed by atoms with E-state index in [0.717, 1.165) is 45.1 Å². The van der Waals surface area contributed by atoms with E-state index in [4.69, 9.17) is 9.72 Å². The van der Waals surface area contributed by atoms with Gasteiger partial charge in [-0.25, -0.2) is 4.98 Å². The third-order valence-electron chi connectivity index (χ3n) is 4.67. The average Bonchev–Trinajstić information content (AvgIpc) is 2.86. The molecular weight excluding hydrogens is 238 g/mol. The van der Waals surface area contributed by atoms with Crippen LogP contribution >= 0.6 is 0 Å². The molecule has 2 aliphatic heterocycles. The summed E-state index contributed by atoms with van der Waals surface area (Å²) in [5, 5.41) is 3.43. The Morgan fingerprint density at radius 3 is 2.95 bits per heavy atom. The Kier molecular flexibility index (Phi) is 3.89. The number of aromatic nitrogens is 2. The number of hydrogen-bond donors (Lipinski definition) is 1. The number of aryl methyl sites for hydroxylation is 1. The van der Waals surface area contributed by atoms with Crippen LogP contribution in [-0.4, -0.2) is 29.3 Å². The molecule has 1 aromatic rings. The molecule has 0 bridgehead atoms. The SMILES string of the molecule is CCc1nc2c(n1C(C)C1CCOCC1)CCNC2. The molecule has 1 saturated heterocycles. The fourth-order valence-corrected chi connectivity index (χ4v) is 3.53. The van der Waals surface area contributed by atoms with Gasteiger partial charge in [0.15, 0.2) is 0 Å². The Balaban J connectivity index is 1.91. The molecule has 3 heterocycles. The highest BCUT2D eigenvalue weighted by Crippen LogP contribution is 2.31. The molecule has 1 N–H and O–H groups in total. The highest BCUT2D eigenvalue weighted by Gasteiger charge is 2.27. The van der Waals surface area contributed by atoms with Gasteiger partial charge in [0.2, 0.25) is 0 Å². The van der Waals surface area contributed by atoms with E-state index in [9.17, 15) is 0 Å². The zero-order valence-corrected chi connectivity index (χ0v) is 12.1. The van der Waals surface area contributed by atoms with Gasteiger partial charge in [-0.15, -0.1) is 0 Å². The van der Waals surface area contributed by atoms with Crippen LogP contribution in [0.4, 0.5) is 0 Å². The number of nitrogens with zero attached hydrogens (tertiary/aromatic N) is 2. The second-order valence-corrected chi connectivity index (χ2v) is 5.76. The smallest absolute Gasteiger partial charge is 0.109 e. The monoisotopic (exact) mass is 263 g/mol. The summed E-state index contributed by atoms with van der Waals surface area (Å²) in [6.07, 6.45) is 4.53. The van der Waals surface area contributed by atoms with Crippen molar-refractivity contribution < 1.29 is 4.74 Å². The van der Waals surface area contributed by atoms with Gasteiger partial charge < -0.3 is 14.6 Å². The number of rotatable bonds is 3. The van der Waals surface area contributed by atoms with E-state index in [2.05, 4.69) is 23.7 Å². The molecule has 1 atom stereocenters. The predicted octanol–water partition coefficient (Wildman–Crippen LogP) is 2.08. The van der Waals surface area contributed by atoms with Crippen molar-refractivity contribution in [1.29, 1.82) is 0 Å². The van der Waals surface area contributed by atoms with Gasteiger partial charge >= 0.3 is 0 Å². The lowest BCUT2D eigenvalue weighted by atomic mass is 9.92. The molecule has 1 fully saturated rings. The lowest BCUT2D eigenvalue weighted by Gasteiger charge is -2.31. The maximum atomic E-state index is 5.50. The first kappa shape index (κ1) is 13.1. The fourth-order valence-electron chi connectivity index (χ4n) is 3.53. The molecule has 3 rings (SSSR count). The Hall–Kier alpha value is -0.870. The van der Waals surface area contributed by atoms with Gasteiger partial charge in [-0.1, -0.05) is 6.92 Å². The van der Waals surface area contributed by atoms with Crippen LogP contribution in [0.3, 0.4) is 0 Å². The highest BCUT2D eigenvalue weighted by atomic mass is 16.5. The van der Waals surface area contributed by atoms with Gasteiger partial charge in [-0.2, -0.15) is 0 Å². The first-order valence-corrected chi connectivity index (χ1v) is 7.68. The quantitative estimate of drug-likeness (QED) is 0.907. The molecule has 0 radical (unpaired) electrons. The molecule has 0 saturated carbocycles. The maximum absolute atomic E-state index is 5.50. The normalized spacial score (nSPS) is 22.2. The van der Waals surface area contributed by atoms with Crippen molar-refractivity contribution in [3.05, 3.63) is 17.2 Å². The van der Waals surface area contributed by atoms with Crippen molar-refractivity contribution in [2.45, 2.75) is 52.1 Å². The number of hydrogen-bond acceptors (Lipinski definition) is 3. The van der Waals surface area contributed by atoms with Crippen LogP contribution in [0.25, 0.3) is 0 Å². The molecule has 19 heavy (non-hydrogen) atoms. The first-order valence-electron chi connectivity index (χ1n) is 7.68. The summed E-state index contributed by atoms with van der Waals surface area (Å²) < 4.78 is 8.05. The molecule has 1 aromatic heterocycles.